The van der Waals surface area contributed by atoms with E-state index >= 15 is 0 Å². The maximum atomic E-state index is 5.13. The summed E-state index contributed by atoms with van der Waals surface area (Å²) in [7, 11) is 1.62. The second-order valence-corrected chi connectivity index (χ2v) is 6.44. The van der Waals surface area contributed by atoms with Crippen molar-refractivity contribution < 1.29 is 4.74 Å². The van der Waals surface area contributed by atoms with Gasteiger partial charge in [0, 0.05) is 24.3 Å². The van der Waals surface area contributed by atoms with Crippen LogP contribution in [0.15, 0.2) is 30.5 Å². The Balaban J connectivity index is 1.59. The lowest BCUT2D eigenvalue weighted by Gasteiger charge is -2.28. The molecule has 0 atom stereocenters. The van der Waals surface area contributed by atoms with Gasteiger partial charge >= 0.3 is 0 Å². The number of methoxy groups -OCH3 is 1. The topological polar surface area (TPSA) is 42.7 Å². The molecule has 1 aliphatic heterocycles. The minimum absolute atomic E-state index is 0.634. The van der Waals surface area contributed by atoms with Crippen molar-refractivity contribution in [3.05, 3.63) is 30.5 Å². The lowest BCUT2D eigenvalue weighted by Crippen LogP contribution is -2.29. The third kappa shape index (κ3) is 2.43. The maximum absolute atomic E-state index is 5.13. The molecule has 6 heteroatoms. The molecule has 1 fully saturated rings. The highest BCUT2D eigenvalue weighted by Gasteiger charge is 2.12. The molecule has 3 aromatic rings. The van der Waals surface area contributed by atoms with Crippen molar-refractivity contribution in [2.75, 3.05) is 25.1 Å². The lowest BCUT2D eigenvalue weighted by atomic mass is 10.1. The molecule has 4 rings (SSSR count). The standard InChI is InChI=1S/C16H18N4OS/c1-21-16-18-20-11-14(17-15(20)22-16)12-5-7-13(8-6-12)19-9-3-2-4-10-19/h5-8,11H,2-4,9-10H2,1H3. The third-order valence-electron chi connectivity index (χ3n) is 4.08. The number of ether oxygens (including phenoxy) is 1. The Kier molecular flexibility index (Phi) is 3.46. The number of hydrogen-bond acceptors (Lipinski definition) is 5. The highest BCUT2D eigenvalue weighted by molar-refractivity contribution is 7.18. The van der Waals surface area contributed by atoms with Crippen LogP contribution in [-0.2, 0) is 0 Å². The molecule has 0 unspecified atom stereocenters. The SMILES string of the molecule is COc1nn2cc(-c3ccc(N4CCCCC4)cc3)nc2s1. The maximum Gasteiger partial charge on any atom is 0.294 e. The summed E-state index contributed by atoms with van der Waals surface area (Å²) in [6, 6.07) is 8.69. The predicted octanol–water partition coefficient (Wildman–Crippen LogP) is 3.46. The van der Waals surface area contributed by atoms with Crippen LogP contribution in [0, 0.1) is 0 Å². The van der Waals surface area contributed by atoms with Gasteiger partial charge in [0.2, 0.25) is 4.96 Å². The minimum atomic E-state index is 0.634. The zero-order valence-electron chi connectivity index (χ0n) is 12.5. The average Bonchev–Trinajstić information content (AvgIpc) is 3.14. The normalized spacial score (nSPS) is 15.4. The molecule has 0 saturated carbocycles. The van der Waals surface area contributed by atoms with Gasteiger partial charge in [0.05, 0.1) is 19.0 Å². The molecule has 0 radical (unpaired) electrons. The number of nitrogens with zero attached hydrogens (tertiary/aromatic N) is 4. The lowest BCUT2D eigenvalue weighted by molar-refractivity contribution is 0.405. The smallest absolute Gasteiger partial charge is 0.294 e. The van der Waals surface area contributed by atoms with Gasteiger partial charge in [-0.3, -0.25) is 0 Å². The van der Waals surface area contributed by atoms with Crippen LogP contribution in [0.2, 0.25) is 0 Å². The zero-order chi connectivity index (χ0) is 14.9. The Morgan fingerprint density at radius 3 is 2.55 bits per heavy atom. The Hall–Kier alpha value is -2.08. The van der Waals surface area contributed by atoms with Crippen LogP contribution in [0.5, 0.6) is 5.19 Å². The molecule has 0 bridgehead atoms. The predicted molar refractivity (Wildman–Crippen MR) is 88.9 cm³/mol. The van der Waals surface area contributed by atoms with E-state index in [1.54, 1.807) is 11.6 Å². The van der Waals surface area contributed by atoms with Crippen LogP contribution >= 0.6 is 11.3 Å². The molecule has 5 nitrogen and oxygen atoms in total. The fraction of sp³-hybridized carbons (Fsp3) is 0.375. The molecule has 0 spiro atoms. The van der Waals surface area contributed by atoms with Gasteiger partial charge in [0.15, 0.2) is 0 Å². The van der Waals surface area contributed by atoms with Crippen LogP contribution in [0.1, 0.15) is 19.3 Å². The number of piperidine rings is 1. The van der Waals surface area contributed by atoms with Gasteiger partial charge in [0.25, 0.3) is 5.19 Å². The Labute approximate surface area is 133 Å². The number of hydrogen-bond donors (Lipinski definition) is 0. The van der Waals surface area contributed by atoms with Crippen LogP contribution in [0.3, 0.4) is 0 Å². The molecule has 22 heavy (non-hydrogen) atoms. The minimum Gasteiger partial charge on any atom is -0.472 e. The van der Waals surface area contributed by atoms with E-state index in [1.807, 2.05) is 6.20 Å². The molecule has 2 aromatic heterocycles. The Morgan fingerprint density at radius 1 is 1.09 bits per heavy atom. The van der Waals surface area contributed by atoms with E-state index in [-0.39, 0.29) is 0 Å². The Morgan fingerprint density at radius 2 is 1.86 bits per heavy atom. The van der Waals surface area contributed by atoms with E-state index in [4.69, 9.17) is 4.74 Å². The monoisotopic (exact) mass is 314 g/mol. The first kappa shape index (κ1) is 13.6. The highest BCUT2D eigenvalue weighted by Crippen LogP contribution is 2.27. The molecule has 1 aromatic carbocycles. The molecule has 1 aliphatic rings. The molecule has 114 valence electrons. The van der Waals surface area contributed by atoms with Crippen LogP contribution < -0.4 is 9.64 Å². The largest absolute Gasteiger partial charge is 0.472 e. The van der Waals surface area contributed by atoms with Gasteiger partial charge in [-0.2, -0.15) is 0 Å². The summed E-state index contributed by atoms with van der Waals surface area (Å²) >= 11 is 1.45. The summed E-state index contributed by atoms with van der Waals surface area (Å²) in [5.74, 6) is 0. The van der Waals surface area contributed by atoms with Crippen molar-refractivity contribution >= 4 is 22.0 Å². The zero-order valence-corrected chi connectivity index (χ0v) is 13.3. The number of fused-ring (bicyclic) bond motifs is 1. The van der Waals surface area contributed by atoms with Crippen molar-refractivity contribution in [2.45, 2.75) is 19.3 Å². The molecule has 3 heterocycles. The quantitative estimate of drug-likeness (QED) is 0.742. The molecule has 0 aliphatic carbocycles. The first-order valence-electron chi connectivity index (χ1n) is 7.59. The Bertz CT molecular complexity index is 740. The van der Waals surface area contributed by atoms with Gasteiger partial charge in [0.1, 0.15) is 0 Å². The summed E-state index contributed by atoms with van der Waals surface area (Å²) < 4.78 is 6.90. The fourth-order valence-electron chi connectivity index (χ4n) is 2.90. The molecule has 0 amide bonds. The van der Waals surface area contributed by atoms with Crippen LogP contribution in [0.4, 0.5) is 5.69 Å². The van der Waals surface area contributed by atoms with E-state index in [2.05, 4.69) is 39.2 Å². The van der Waals surface area contributed by atoms with E-state index in [1.165, 1.54) is 49.4 Å². The number of aromatic nitrogens is 3. The second-order valence-electron chi connectivity index (χ2n) is 5.52. The van der Waals surface area contributed by atoms with E-state index in [9.17, 15) is 0 Å². The second kappa shape index (κ2) is 5.61. The van der Waals surface area contributed by atoms with E-state index < -0.39 is 0 Å². The number of anilines is 1. The van der Waals surface area contributed by atoms with Gasteiger partial charge in [-0.25, -0.2) is 9.50 Å². The summed E-state index contributed by atoms with van der Waals surface area (Å²) in [5.41, 5.74) is 3.38. The van der Waals surface area contributed by atoms with Crippen molar-refractivity contribution in [2.24, 2.45) is 0 Å². The summed E-state index contributed by atoms with van der Waals surface area (Å²) in [6.07, 6.45) is 5.90. The summed E-state index contributed by atoms with van der Waals surface area (Å²) in [4.78, 5) is 7.94. The van der Waals surface area contributed by atoms with Crippen LogP contribution in [0.25, 0.3) is 16.2 Å². The van der Waals surface area contributed by atoms with E-state index in [0.717, 1.165) is 16.2 Å². The number of benzene rings is 1. The third-order valence-corrected chi connectivity index (χ3v) is 4.97. The van der Waals surface area contributed by atoms with Crippen molar-refractivity contribution in [3.8, 4) is 16.5 Å². The van der Waals surface area contributed by atoms with Gasteiger partial charge in [-0.15, -0.1) is 5.10 Å². The van der Waals surface area contributed by atoms with Crippen molar-refractivity contribution in [3.63, 3.8) is 0 Å². The van der Waals surface area contributed by atoms with Gasteiger partial charge in [-0.1, -0.05) is 12.1 Å². The van der Waals surface area contributed by atoms with Gasteiger partial charge < -0.3 is 9.64 Å². The first-order valence-corrected chi connectivity index (χ1v) is 8.41. The van der Waals surface area contributed by atoms with Crippen LogP contribution in [-0.4, -0.2) is 34.8 Å². The first-order chi connectivity index (χ1) is 10.8. The fourth-order valence-corrected chi connectivity index (χ4v) is 3.60. The molecule has 0 N–H and O–H groups in total. The van der Waals surface area contributed by atoms with Crippen molar-refractivity contribution in [1.29, 1.82) is 0 Å². The number of rotatable bonds is 3. The molecular weight excluding hydrogens is 296 g/mol. The average molecular weight is 314 g/mol. The molecular formula is C16H18N4OS. The van der Waals surface area contributed by atoms with Gasteiger partial charge in [-0.05, 0) is 42.7 Å². The van der Waals surface area contributed by atoms with E-state index in [0.29, 0.717) is 5.19 Å². The summed E-state index contributed by atoms with van der Waals surface area (Å²) in [5, 5.41) is 4.94. The summed E-state index contributed by atoms with van der Waals surface area (Å²) in [6.45, 7) is 2.34. The van der Waals surface area contributed by atoms with Crippen molar-refractivity contribution in [1.82, 2.24) is 14.6 Å². The number of imidazole rings is 1. The molecule has 1 saturated heterocycles. The highest BCUT2D eigenvalue weighted by atomic mass is 32.1.